The Hall–Kier alpha value is -2.50. The third kappa shape index (κ3) is 3.82. The summed E-state index contributed by atoms with van der Waals surface area (Å²) in [5.41, 5.74) is -0.511. The molecule has 0 aliphatic rings. The number of hydrogen-bond acceptors (Lipinski definition) is 3. The van der Waals surface area contributed by atoms with E-state index in [1.165, 1.54) is 18.2 Å². The molecule has 0 spiro atoms. The van der Waals surface area contributed by atoms with Gasteiger partial charge in [0.25, 0.3) is 0 Å². The molecule has 0 fully saturated rings. The topological polar surface area (TPSA) is 72.2 Å². The van der Waals surface area contributed by atoms with Gasteiger partial charge in [0.1, 0.15) is 0 Å². The van der Waals surface area contributed by atoms with Gasteiger partial charge in [-0.2, -0.15) is 4.39 Å². The molecular weight excluding hydrogens is 239 g/mol. The highest BCUT2D eigenvalue weighted by molar-refractivity contribution is 5.99. The van der Waals surface area contributed by atoms with Gasteiger partial charge in [-0.1, -0.05) is 18.2 Å². The lowest BCUT2D eigenvalue weighted by atomic mass is 10.2. The van der Waals surface area contributed by atoms with Crippen LogP contribution in [0.25, 0.3) is 0 Å². The zero-order chi connectivity index (χ0) is 13.5. The summed E-state index contributed by atoms with van der Waals surface area (Å²) >= 11 is 0. The fourth-order valence-corrected chi connectivity index (χ4v) is 1.17. The molecule has 94 valence electrons. The molecular formula is C12H11FN2O3. The van der Waals surface area contributed by atoms with E-state index in [1.54, 1.807) is 19.1 Å². The highest BCUT2D eigenvalue weighted by atomic mass is 19.1. The maximum atomic E-state index is 13.0. The monoisotopic (exact) mass is 250 g/mol. The van der Waals surface area contributed by atoms with E-state index >= 15 is 0 Å². The zero-order valence-electron chi connectivity index (χ0n) is 9.59. The Labute approximate surface area is 103 Å². The first-order valence-electron chi connectivity index (χ1n) is 5.09. The van der Waals surface area contributed by atoms with Crippen molar-refractivity contribution >= 4 is 17.3 Å². The van der Waals surface area contributed by atoms with Crippen LogP contribution < -0.4 is 5.32 Å². The van der Waals surface area contributed by atoms with Gasteiger partial charge in [0.15, 0.2) is 0 Å². The largest absolute Gasteiger partial charge is 0.322 e. The average Bonchev–Trinajstić information content (AvgIpc) is 2.31. The van der Waals surface area contributed by atoms with E-state index in [0.717, 1.165) is 12.1 Å². The van der Waals surface area contributed by atoms with Gasteiger partial charge in [-0.3, -0.25) is 14.9 Å². The lowest BCUT2D eigenvalue weighted by Gasteiger charge is -2.02. The standard InChI is InChI=1S/C12H11FN2O3/c1-2-3-4-5-12(16)14-9-6-7-10(13)11(8-9)15(17)18/h2-8H,1H3,(H,14,16). The zero-order valence-corrected chi connectivity index (χ0v) is 9.59. The molecule has 0 aliphatic carbocycles. The number of hydrogen-bond donors (Lipinski definition) is 1. The SMILES string of the molecule is CC=CC=CC(=O)Nc1ccc(F)c([N+](=O)[O-])c1. The Balaban J connectivity index is 2.83. The van der Waals surface area contributed by atoms with Crippen molar-refractivity contribution in [3.05, 3.63) is 58.4 Å². The van der Waals surface area contributed by atoms with Crippen LogP contribution in [-0.4, -0.2) is 10.8 Å². The number of nitrogens with zero attached hydrogens (tertiary/aromatic N) is 1. The molecule has 0 saturated heterocycles. The molecule has 6 heteroatoms. The van der Waals surface area contributed by atoms with Crippen molar-refractivity contribution in [3.8, 4) is 0 Å². The van der Waals surface area contributed by atoms with Crippen molar-refractivity contribution in [2.45, 2.75) is 6.92 Å². The van der Waals surface area contributed by atoms with Crippen molar-refractivity contribution in [2.24, 2.45) is 0 Å². The molecule has 0 aromatic heterocycles. The second-order valence-electron chi connectivity index (χ2n) is 3.30. The summed E-state index contributed by atoms with van der Waals surface area (Å²) in [6, 6.07) is 3.16. The molecule has 0 radical (unpaired) electrons. The summed E-state index contributed by atoms with van der Waals surface area (Å²) in [6.07, 6.45) is 6.18. The molecule has 0 aliphatic heterocycles. The third-order valence-electron chi connectivity index (χ3n) is 1.96. The lowest BCUT2D eigenvalue weighted by Crippen LogP contribution is -2.08. The van der Waals surface area contributed by atoms with Gasteiger partial charge >= 0.3 is 5.69 Å². The molecule has 1 amide bonds. The first kappa shape index (κ1) is 13.6. The van der Waals surface area contributed by atoms with Crippen LogP contribution in [0, 0.1) is 15.9 Å². The van der Waals surface area contributed by atoms with E-state index in [0.29, 0.717) is 0 Å². The van der Waals surface area contributed by atoms with Crippen LogP contribution >= 0.6 is 0 Å². The fourth-order valence-electron chi connectivity index (χ4n) is 1.17. The molecule has 5 nitrogen and oxygen atoms in total. The Bertz CT molecular complexity index is 524. The third-order valence-corrected chi connectivity index (χ3v) is 1.96. The van der Waals surface area contributed by atoms with Crippen LogP contribution in [-0.2, 0) is 4.79 Å². The fraction of sp³-hybridized carbons (Fsp3) is 0.0833. The van der Waals surface area contributed by atoms with Crippen LogP contribution in [0.3, 0.4) is 0 Å². The number of benzene rings is 1. The molecule has 0 atom stereocenters. The van der Waals surface area contributed by atoms with E-state index in [4.69, 9.17) is 0 Å². The summed E-state index contributed by atoms with van der Waals surface area (Å²) in [7, 11) is 0. The molecule has 1 rings (SSSR count). The normalized spacial score (nSPS) is 11.0. The number of allylic oxidation sites excluding steroid dienone is 3. The molecule has 1 aromatic rings. The average molecular weight is 250 g/mol. The van der Waals surface area contributed by atoms with E-state index in [-0.39, 0.29) is 5.69 Å². The Morgan fingerprint density at radius 1 is 1.44 bits per heavy atom. The summed E-state index contributed by atoms with van der Waals surface area (Å²) in [6.45, 7) is 1.80. The van der Waals surface area contributed by atoms with Crippen molar-refractivity contribution in [1.29, 1.82) is 0 Å². The van der Waals surface area contributed by atoms with Gasteiger partial charge in [-0.15, -0.1) is 0 Å². The van der Waals surface area contributed by atoms with Crippen LogP contribution in [0.15, 0.2) is 42.5 Å². The van der Waals surface area contributed by atoms with Gasteiger partial charge in [-0.05, 0) is 19.1 Å². The Morgan fingerprint density at radius 3 is 2.78 bits per heavy atom. The molecule has 0 unspecified atom stereocenters. The number of nitrogens with one attached hydrogen (secondary N) is 1. The van der Waals surface area contributed by atoms with Crippen LogP contribution in [0.2, 0.25) is 0 Å². The van der Waals surface area contributed by atoms with Crippen molar-refractivity contribution in [2.75, 3.05) is 5.32 Å². The van der Waals surface area contributed by atoms with Gasteiger partial charge in [0.2, 0.25) is 11.7 Å². The Morgan fingerprint density at radius 2 is 2.17 bits per heavy atom. The number of amides is 1. The molecule has 0 saturated carbocycles. The first-order chi connectivity index (χ1) is 8.54. The van der Waals surface area contributed by atoms with Gasteiger partial charge < -0.3 is 5.32 Å². The van der Waals surface area contributed by atoms with Crippen LogP contribution in [0.4, 0.5) is 15.8 Å². The first-order valence-corrected chi connectivity index (χ1v) is 5.09. The van der Waals surface area contributed by atoms with E-state index < -0.39 is 22.3 Å². The lowest BCUT2D eigenvalue weighted by molar-refractivity contribution is -0.387. The maximum Gasteiger partial charge on any atom is 0.306 e. The molecule has 18 heavy (non-hydrogen) atoms. The number of halogens is 1. The van der Waals surface area contributed by atoms with Crippen LogP contribution in [0.5, 0.6) is 0 Å². The van der Waals surface area contributed by atoms with Crippen molar-refractivity contribution in [3.63, 3.8) is 0 Å². The quantitative estimate of drug-likeness (QED) is 0.386. The summed E-state index contributed by atoms with van der Waals surface area (Å²) in [5, 5.41) is 12.9. The van der Waals surface area contributed by atoms with E-state index in [2.05, 4.69) is 5.32 Å². The minimum atomic E-state index is -0.942. The van der Waals surface area contributed by atoms with E-state index in [9.17, 15) is 19.3 Å². The number of nitro benzene ring substituents is 1. The summed E-state index contributed by atoms with van der Waals surface area (Å²) in [5.74, 6) is -1.39. The second-order valence-corrected chi connectivity index (χ2v) is 3.30. The predicted octanol–water partition coefficient (Wildman–Crippen LogP) is 2.80. The molecule has 1 aromatic carbocycles. The minimum absolute atomic E-state index is 0.165. The number of anilines is 1. The number of carbonyl (C=O) groups is 1. The number of nitro groups is 1. The maximum absolute atomic E-state index is 13.0. The van der Waals surface area contributed by atoms with Gasteiger partial charge in [0, 0.05) is 17.8 Å². The Kier molecular flexibility index (Phi) is 4.74. The van der Waals surface area contributed by atoms with Gasteiger partial charge in [0.05, 0.1) is 4.92 Å². The molecule has 0 bridgehead atoms. The van der Waals surface area contributed by atoms with Crippen molar-refractivity contribution < 1.29 is 14.1 Å². The smallest absolute Gasteiger partial charge is 0.306 e. The van der Waals surface area contributed by atoms with Gasteiger partial charge in [-0.25, -0.2) is 0 Å². The second kappa shape index (κ2) is 6.29. The predicted molar refractivity (Wildman–Crippen MR) is 65.6 cm³/mol. The number of carbonyl (C=O) groups excluding carboxylic acids is 1. The van der Waals surface area contributed by atoms with Crippen LogP contribution in [0.1, 0.15) is 6.92 Å². The molecule has 1 N–H and O–H groups in total. The highest BCUT2D eigenvalue weighted by Crippen LogP contribution is 2.21. The van der Waals surface area contributed by atoms with Crippen molar-refractivity contribution in [1.82, 2.24) is 0 Å². The molecule has 0 heterocycles. The highest BCUT2D eigenvalue weighted by Gasteiger charge is 2.14. The number of rotatable bonds is 4. The summed E-state index contributed by atoms with van der Waals surface area (Å²) in [4.78, 5) is 21.0. The summed E-state index contributed by atoms with van der Waals surface area (Å²) < 4.78 is 13.0. The van der Waals surface area contributed by atoms with E-state index in [1.807, 2.05) is 0 Å². The minimum Gasteiger partial charge on any atom is -0.322 e.